The van der Waals surface area contributed by atoms with Crippen LogP contribution in [0.1, 0.15) is 55.8 Å². The van der Waals surface area contributed by atoms with E-state index in [1.54, 1.807) is 4.68 Å². The lowest BCUT2D eigenvalue weighted by molar-refractivity contribution is 0.313. The molecule has 2 aromatic heterocycles. The van der Waals surface area contributed by atoms with E-state index in [1.807, 2.05) is 30.3 Å². The fraction of sp³-hybridized carbons (Fsp3) is 0.407. The Hall–Kier alpha value is -3.46. The van der Waals surface area contributed by atoms with Crippen molar-refractivity contribution in [3.05, 3.63) is 76.3 Å². The van der Waals surface area contributed by atoms with E-state index in [1.165, 1.54) is 28.6 Å². The van der Waals surface area contributed by atoms with Crippen molar-refractivity contribution >= 4 is 31.2 Å². The fourth-order valence-corrected chi connectivity index (χ4v) is 8.35. The highest BCUT2D eigenvalue weighted by atomic mass is 32.2. The monoisotopic (exact) mass is 597 g/mol. The van der Waals surface area contributed by atoms with Gasteiger partial charge in [-0.05, 0) is 55.5 Å². The van der Waals surface area contributed by atoms with Crippen LogP contribution in [0.25, 0.3) is 11.2 Å². The normalized spacial score (nSPS) is 17.9. The van der Waals surface area contributed by atoms with Gasteiger partial charge in [-0.1, -0.05) is 48.4 Å². The van der Waals surface area contributed by atoms with E-state index in [-0.39, 0.29) is 45.9 Å². The number of aromatic nitrogens is 5. The molecule has 0 amide bonds. The van der Waals surface area contributed by atoms with Gasteiger partial charge in [-0.2, -0.15) is 4.31 Å². The Morgan fingerprint density at radius 1 is 0.878 bits per heavy atom. The van der Waals surface area contributed by atoms with Crippen LogP contribution in [0.2, 0.25) is 0 Å². The lowest BCUT2D eigenvalue weighted by Crippen LogP contribution is -2.38. The molecular formula is C27H31N7O5S2. The van der Waals surface area contributed by atoms with Gasteiger partial charge in [0.1, 0.15) is 5.82 Å². The van der Waals surface area contributed by atoms with Crippen LogP contribution < -0.4 is 10.3 Å². The van der Waals surface area contributed by atoms with Gasteiger partial charge < -0.3 is 4.98 Å². The first-order valence-electron chi connectivity index (χ1n) is 13.7. The molecule has 4 aromatic rings. The van der Waals surface area contributed by atoms with Crippen molar-refractivity contribution in [1.29, 1.82) is 0 Å². The molecule has 6 rings (SSSR count). The molecule has 2 fully saturated rings. The number of aromatic amines is 1. The number of nitrogens with one attached hydrogen (secondary N) is 2. The van der Waals surface area contributed by atoms with Gasteiger partial charge in [0, 0.05) is 25.0 Å². The van der Waals surface area contributed by atoms with Crippen LogP contribution in [0.3, 0.4) is 0 Å². The molecule has 14 heteroatoms. The molecule has 1 saturated heterocycles. The summed E-state index contributed by atoms with van der Waals surface area (Å²) in [5.41, 5.74) is 1.17. The number of nitrogens with zero attached hydrogens (tertiary/aromatic N) is 5. The Labute approximate surface area is 237 Å². The van der Waals surface area contributed by atoms with Gasteiger partial charge in [0.15, 0.2) is 11.2 Å². The largest absolute Gasteiger partial charge is 0.308 e. The summed E-state index contributed by atoms with van der Waals surface area (Å²) in [6.45, 7) is 0.889. The van der Waals surface area contributed by atoms with Crippen LogP contribution in [0.15, 0.2) is 69.2 Å². The first-order chi connectivity index (χ1) is 19.7. The fourth-order valence-electron chi connectivity index (χ4n) is 5.58. The van der Waals surface area contributed by atoms with Crippen molar-refractivity contribution in [3.8, 4) is 0 Å². The van der Waals surface area contributed by atoms with Crippen LogP contribution in [0, 0.1) is 0 Å². The SMILES string of the molecule is O=c1[nH]c(C2CCN(S(=O)(=O)c3ccc(S(=O)(=O)NC4CCCC4)cc3)CC2)nc2c1nnn2Cc1ccccc1. The predicted molar refractivity (Wildman–Crippen MR) is 151 cm³/mol. The third-order valence-corrected chi connectivity index (χ3v) is 11.3. The van der Waals surface area contributed by atoms with Gasteiger partial charge in [0.25, 0.3) is 5.56 Å². The second kappa shape index (κ2) is 11.1. The zero-order valence-electron chi connectivity index (χ0n) is 22.3. The van der Waals surface area contributed by atoms with Crippen molar-refractivity contribution < 1.29 is 16.8 Å². The third kappa shape index (κ3) is 5.69. The van der Waals surface area contributed by atoms with Crippen LogP contribution in [0.5, 0.6) is 0 Å². The van der Waals surface area contributed by atoms with E-state index in [9.17, 15) is 21.6 Å². The number of hydrogen-bond donors (Lipinski definition) is 2. The van der Waals surface area contributed by atoms with Gasteiger partial charge in [-0.3, -0.25) is 4.79 Å². The summed E-state index contributed by atoms with van der Waals surface area (Å²) in [6.07, 6.45) is 4.55. The summed E-state index contributed by atoms with van der Waals surface area (Å²) < 4.78 is 57.8. The van der Waals surface area contributed by atoms with Crippen LogP contribution in [-0.2, 0) is 26.6 Å². The van der Waals surface area contributed by atoms with E-state index >= 15 is 0 Å². The summed E-state index contributed by atoms with van der Waals surface area (Å²) in [6, 6.07) is 15.0. The quantitative estimate of drug-likeness (QED) is 0.313. The summed E-state index contributed by atoms with van der Waals surface area (Å²) in [7, 11) is -7.54. The number of piperidine rings is 1. The summed E-state index contributed by atoms with van der Waals surface area (Å²) in [5.74, 6) is 0.341. The van der Waals surface area contributed by atoms with E-state index in [4.69, 9.17) is 0 Å². The predicted octanol–water partition coefficient (Wildman–Crippen LogP) is 2.35. The smallest absolute Gasteiger partial charge is 0.281 e. The standard InChI is InChI=1S/C27H31N7O5S2/c35-27-24-26(34(32-30-24)18-19-6-2-1-3-7-19)28-25(29-27)20-14-16-33(17-15-20)41(38,39)23-12-10-22(11-13-23)40(36,37)31-21-8-4-5-9-21/h1-3,6-7,10-13,20-21,31H,4-5,8-9,14-18H2,(H,28,29,35). The molecule has 3 heterocycles. The molecular weight excluding hydrogens is 566 g/mol. The number of H-pyrrole nitrogens is 1. The van der Waals surface area contributed by atoms with Crippen LogP contribution in [-0.4, -0.2) is 65.2 Å². The average Bonchev–Trinajstić information content (AvgIpc) is 3.64. The maximum atomic E-state index is 13.4. The molecule has 2 N–H and O–H groups in total. The minimum atomic E-state index is -3.83. The highest BCUT2D eigenvalue weighted by Gasteiger charge is 2.32. The Morgan fingerprint density at radius 3 is 2.22 bits per heavy atom. The third-order valence-electron chi connectivity index (χ3n) is 7.86. The number of hydrogen-bond acceptors (Lipinski definition) is 8. The second-order valence-electron chi connectivity index (χ2n) is 10.6. The Balaban J connectivity index is 1.15. The van der Waals surface area contributed by atoms with E-state index in [0.29, 0.717) is 30.9 Å². The maximum Gasteiger partial charge on any atom is 0.281 e. The minimum Gasteiger partial charge on any atom is -0.308 e. The topological polar surface area (TPSA) is 160 Å². The molecule has 0 atom stereocenters. The Bertz CT molecular complexity index is 1810. The van der Waals surface area contributed by atoms with Gasteiger partial charge in [-0.25, -0.2) is 31.2 Å². The first kappa shape index (κ1) is 27.7. The molecule has 2 aliphatic rings. The van der Waals surface area contributed by atoms with Gasteiger partial charge in [-0.15, -0.1) is 5.10 Å². The van der Waals surface area contributed by atoms with E-state index < -0.39 is 20.0 Å². The van der Waals surface area contributed by atoms with Crippen LogP contribution >= 0.6 is 0 Å². The highest BCUT2D eigenvalue weighted by Crippen LogP contribution is 2.30. The average molecular weight is 598 g/mol. The first-order valence-corrected chi connectivity index (χ1v) is 16.6. The molecule has 0 bridgehead atoms. The minimum absolute atomic E-state index is 0.0413. The Kier molecular flexibility index (Phi) is 7.49. The molecule has 216 valence electrons. The molecule has 12 nitrogen and oxygen atoms in total. The number of benzene rings is 2. The zero-order valence-corrected chi connectivity index (χ0v) is 23.9. The molecule has 1 saturated carbocycles. The second-order valence-corrected chi connectivity index (χ2v) is 14.3. The van der Waals surface area contributed by atoms with E-state index in [2.05, 4.69) is 25.0 Å². The summed E-state index contributed by atoms with van der Waals surface area (Å²) in [5, 5.41) is 8.12. The lowest BCUT2D eigenvalue weighted by Gasteiger charge is -2.30. The number of sulfonamides is 2. The van der Waals surface area contributed by atoms with Crippen molar-refractivity contribution in [2.75, 3.05) is 13.1 Å². The molecule has 0 unspecified atom stereocenters. The van der Waals surface area contributed by atoms with Crippen molar-refractivity contribution in [2.24, 2.45) is 0 Å². The van der Waals surface area contributed by atoms with Crippen LogP contribution in [0.4, 0.5) is 0 Å². The maximum absolute atomic E-state index is 13.4. The van der Waals surface area contributed by atoms with Gasteiger partial charge in [0.2, 0.25) is 20.0 Å². The number of fused-ring (bicyclic) bond motifs is 1. The molecule has 2 aromatic carbocycles. The molecule has 41 heavy (non-hydrogen) atoms. The Morgan fingerprint density at radius 2 is 1.54 bits per heavy atom. The molecule has 0 radical (unpaired) electrons. The molecule has 0 spiro atoms. The molecule has 1 aliphatic carbocycles. The van der Waals surface area contributed by atoms with Crippen molar-refractivity contribution in [2.45, 2.75) is 66.8 Å². The zero-order chi connectivity index (χ0) is 28.6. The summed E-state index contributed by atoms with van der Waals surface area (Å²) >= 11 is 0. The van der Waals surface area contributed by atoms with Gasteiger partial charge in [0.05, 0.1) is 16.3 Å². The van der Waals surface area contributed by atoms with Crippen molar-refractivity contribution in [3.63, 3.8) is 0 Å². The van der Waals surface area contributed by atoms with Crippen molar-refractivity contribution in [1.82, 2.24) is 34.0 Å². The summed E-state index contributed by atoms with van der Waals surface area (Å²) in [4.78, 5) is 20.3. The van der Waals surface area contributed by atoms with E-state index in [0.717, 1.165) is 31.2 Å². The highest BCUT2D eigenvalue weighted by molar-refractivity contribution is 7.89. The molecule has 1 aliphatic heterocycles. The van der Waals surface area contributed by atoms with Gasteiger partial charge >= 0.3 is 0 Å². The lowest BCUT2D eigenvalue weighted by atomic mass is 9.97. The number of rotatable bonds is 8.